The molecule has 1 amide bonds. The molecule has 2 N–H and O–H groups in total. The maximum absolute atomic E-state index is 12.4. The zero-order valence-corrected chi connectivity index (χ0v) is 15.9. The van der Waals surface area contributed by atoms with Gasteiger partial charge in [-0.2, -0.15) is 5.26 Å². The number of carbonyl (C=O) groups is 1. The van der Waals surface area contributed by atoms with E-state index in [1.54, 1.807) is 0 Å². The van der Waals surface area contributed by atoms with Gasteiger partial charge < -0.3 is 10.6 Å². The summed E-state index contributed by atoms with van der Waals surface area (Å²) in [5, 5.41) is 15.2. The molecule has 0 aromatic heterocycles. The fraction of sp³-hybridized carbons (Fsp3) is 0.200. The summed E-state index contributed by atoms with van der Waals surface area (Å²) >= 11 is 3.42. The molecule has 0 saturated carbocycles. The van der Waals surface area contributed by atoms with Crippen molar-refractivity contribution >= 4 is 27.5 Å². The SMILES string of the molecule is CCc1cccc(C)c1NC(=O)/C(C#N)=C\NCc1cccc(Br)c1. The Morgan fingerprint density at radius 1 is 1.28 bits per heavy atom. The molecule has 4 nitrogen and oxygen atoms in total. The van der Waals surface area contributed by atoms with E-state index in [1.807, 2.05) is 62.4 Å². The van der Waals surface area contributed by atoms with Gasteiger partial charge in [0.05, 0.1) is 0 Å². The van der Waals surface area contributed by atoms with Gasteiger partial charge in [-0.15, -0.1) is 0 Å². The molecular weight excluding hydrogens is 378 g/mol. The number of amides is 1. The summed E-state index contributed by atoms with van der Waals surface area (Å²) < 4.78 is 0.987. The van der Waals surface area contributed by atoms with Crippen molar-refractivity contribution in [3.05, 3.63) is 75.4 Å². The zero-order valence-electron chi connectivity index (χ0n) is 14.3. The van der Waals surface area contributed by atoms with E-state index in [1.165, 1.54) is 6.20 Å². The van der Waals surface area contributed by atoms with E-state index in [0.717, 1.165) is 33.3 Å². The summed E-state index contributed by atoms with van der Waals surface area (Å²) in [4.78, 5) is 12.4. The number of rotatable bonds is 6. The molecule has 0 fully saturated rings. The predicted molar refractivity (Wildman–Crippen MR) is 104 cm³/mol. The van der Waals surface area contributed by atoms with Gasteiger partial charge in [0.1, 0.15) is 11.6 Å². The molecule has 0 radical (unpaired) electrons. The molecule has 128 valence electrons. The van der Waals surface area contributed by atoms with Gasteiger partial charge in [0, 0.05) is 22.9 Å². The fourth-order valence-electron chi connectivity index (χ4n) is 2.45. The van der Waals surface area contributed by atoms with Crippen LogP contribution in [-0.4, -0.2) is 5.91 Å². The number of hydrogen-bond donors (Lipinski definition) is 2. The lowest BCUT2D eigenvalue weighted by Crippen LogP contribution is -2.18. The first-order valence-corrected chi connectivity index (χ1v) is 8.82. The van der Waals surface area contributed by atoms with Gasteiger partial charge in [0.2, 0.25) is 0 Å². The third kappa shape index (κ3) is 5.20. The Labute approximate surface area is 156 Å². The maximum atomic E-state index is 12.4. The molecule has 0 atom stereocenters. The summed E-state index contributed by atoms with van der Waals surface area (Å²) in [6.07, 6.45) is 2.27. The molecule has 2 rings (SSSR count). The second-order valence-electron chi connectivity index (χ2n) is 5.60. The monoisotopic (exact) mass is 397 g/mol. The number of nitriles is 1. The summed E-state index contributed by atoms with van der Waals surface area (Å²) in [5.41, 5.74) is 3.90. The third-order valence-electron chi connectivity index (χ3n) is 3.79. The van der Waals surface area contributed by atoms with E-state index in [4.69, 9.17) is 0 Å². The van der Waals surface area contributed by atoms with Gasteiger partial charge in [-0.1, -0.05) is 53.2 Å². The number of para-hydroxylation sites is 1. The molecule has 0 saturated heterocycles. The first-order valence-electron chi connectivity index (χ1n) is 8.03. The molecule has 0 unspecified atom stereocenters. The molecule has 0 heterocycles. The average Bonchev–Trinajstić information content (AvgIpc) is 2.60. The predicted octanol–water partition coefficient (Wildman–Crippen LogP) is 4.46. The highest BCUT2D eigenvalue weighted by Gasteiger charge is 2.12. The first kappa shape index (κ1) is 18.8. The minimum Gasteiger partial charge on any atom is -0.386 e. The number of hydrogen-bond acceptors (Lipinski definition) is 3. The summed E-state index contributed by atoms with van der Waals surface area (Å²) in [6, 6.07) is 15.7. The highest BCUT2D eigenvalue weighted by atomic mass is 79.9. The number of nitrogens with zero attached hydrogens (tertiary/aromatic N) is 1. The molecule has 0 bridgehead atoms. The second-order valence-corrected chi connectivity index (χ2v) is 6.51. The highest BCUT2D eigenvalue weighted by molar-refractivity contribution is 9.10. The third-order valence-corrected chi connectivity index (χ3v) is 4.28. The lowest BCUT2D eigenvalue weighted by Gasteiger charge is -2.12. The Morgan fingerprint density at radius 2 is 2.04 bits per heavy atom. The van der Waals surface area contributed by atoms with Crippen LogP contribution in [0.1, 0.15) is 23.6 Å². The standard InChI is InChI=1S/C20H20BrN3O/c1-3-16-8-4-6-14(2)19(16)24-20(25)17(11-22)13-23-12-15-7-5-9-18(21)10-15/h4-10,13,23H,3,12H2,1-2H3,(H,24,25)/b17-13-. The second kappa shape index (κ2) is 9.05. The lowest BCUT2D eigenvalue weighted by molar-refractivity contribution is -0.112. The van der Waals surface area contributed by atoms with E-state index in [2.05, 4.69) is 26.6 Å². The van der Waals surface area contributed by atoms with Crippen molar-refractivity contribution in [3.8, 4) is 6.07 Å². The van der Waals surface area contributed by atoms with Crippen LogP contribution >= 0.6 is 15.9 Å². The van der Waals surface area contributed by atoms with Crippen LogP contribution in [0.2, 0.25) is 0 Å². The van der Waals surface area contributed by atoms with Gasteiger partial charge >= 0.3 is 0 Å². The van der Waals surface area contributed by atoms with Crippen LogP contribution in [0.3, 0.4) is 0 Å². The molecule has 0 aliphatic heterocycles. The van der Waals surface area contributed by atoms with Gasteiger partial charge in [-0.3, -0.25) is 4.79 Å². The van der Waals surface area contributed by atoms with Gasteiger partial charge in [-0.05, 0) is 42.2 Å². The van der Waals surface area contributed by atoms with Crippen LogP contribution in [0, 0.1) is 18.3 Å². The van der Waals surface area contributed by atoms with Crippen molar-refractivity contribution in [3.63, 3.8) is 0 Å². The molecule has 25 heavy (non-hydrogen) atoms. The number of benzene rings is 2. The van der Waals surface area contributed by atoms with Crippen molar-refractivity contribution < 1.29 is 4.79 Å². The zero-order chi connectivity index (χ0) is 18.2. The average molecular weight is 398 g/mol. The summed E-state index contributed by atoms with van der Waals surface area (Å²) in [7, 11) is 0. The van der Waals surface area contributed by atoms with Crippen molar-refractivity contribution in [2.45, 2.75) is 26.8 Å². The van der Waals surface area contributed by atoms with E-state index in [0.29, 0.717) is 6.54 Å². The minimum atomic E-state index is -0.409. The number of nitrogens with one attached hydrogen (secondary N) is 2. The Balaban J connectivity index is 2.07. The Morgan fingerprint density at radius 3 is 2.72 bits per heavy atom. The van der Waals surface area contributed by atoms with Crippen molar-refractivity contribution in [2.24, 2.45) is 0 Å². The van der Waals surface area contributed by atoms with Crippen LogP contribution in [0.25, 0.3) is 0 Å². The van der Waals surface area contributed by atoms with E-state index in [-0.39, 0.29) is 5.57 Å². The molecular formula is C20H20BrN3O. The Kier molecular flexibility index (Phi) is 6.79. The molecule has 2 aromatic rings. The van der Waals surface area contributed by atoms with Crippen LogP contribution in [0.4, 0.5) is 5.69 Å². The van der Waals surface area contributed by atoms with E-state index in [9.17, 15) is 10.1 Å². The Hall–Kier alpha value is -2.58. The van der Waals surface area contributed by atoms with Crippen molar-refractivity contribution in [2.75, 3.05) is 5.32 Å². The number of carbonyl (C=O) groups excluding carboxylic acids is 1. The quantitative estimate of drug-likeness (QED) is 0.558. The largest absolute Gasteiger partial charge is 0.386 e. The minimum absolute atomic E-state index is 0.0419. The van der Waals surface area contributed by atoms with Gasteiger partial charge in [-0.25, -0.2) is 0 Å². The Bertz CT molecular complexity index is 837. The van der Waals surface area contributed by atoms with Crippen LogP contribution in [-0.2, 0) is 17.8 Å². The van der Waals surface area contributed by atoms with Crippen LogP contribution < -0.4 is 10.6 Å². The first-order chi connectivity index (χ1) is 12.0. The molecule has 5 heteroatoms. The van der Waals surface area contributed by atoms with Gasteiger partial charge in [0.15, 0.2) is 0 Å². The molecule has 0 aliphatic carbocycles. The molecule has 2 aromatic carbocycles. The number of anilines is 1. The summed E-state index contributed by atoms with van der Waals surface area (Å²) in [5.74, 6) is -0.409. The lowest BCUT2D eigenvalue weighted by atomic mass is 10.1. The number of halogens is 1. The topological polar surface area (TPSA) is 64.9 Å². The van der Waals surface area contributed by atoms with Gasteiger partial charge in [0.25, 0.3) is 5.91 Å². The summed E-state index contributed by atoms with van der Waals surface area (Å²) in [6.45, 7) is 4.50. The van der Waals surface area contributed by atoms with Crippen LogP contribution in [0.15, 0.2) is 58.7 Å². The van der Waals surface area contributed by atoms with Crippen molar-refractivity contribution in [1.82, 2.24) is 5.32 Å². The number of aryl methyl sites for hydroxylation is 2. The van der Waals surface area contributed by atoms with E-state index < -0.39 is 5.91 Å². The maximum Gasteiger partial charge on any atom is 0.267 e. The highest BCUT2D eigenvalue weighted by Crippen LogP contribution is 2.21. The molecule has 0 spiro atoms. The normalized spacial score (nSPS) is 10.9. The van der Waals surface area contributed by atoms with E-state index >= 15 is 0 Å². The molecule has 0 aliphatic rings. The smallest absolute Gasteiger partial charge is 0.267 e. The van der Waals surface area contributed by atoms with Crippen molar-refractivity contribution in [1.29, 1.82) is 5.26 Å². The van der Waals surface area contributed by atoms with Crippen LogP contribution in [0.5, 0.6) is 0 Å². The fourth-order valence-corrected chi connectivity index (χ4v) is 2.90.